The number of nitrogens with zero attached hydrogens (tertiary/aromatic N) is 1. The van der Waals surface area contributed by atoms with Crippen molar-refractivity contribution in [3.05, 3.63) is 30.3 Å². The number of likely N-dealkylation sites (tertiary alicyclic amines) is 1. The number of hydrogen-bond acceptors (Lipinski definition) is 3. The number of anilines is 1. The third-order valence-corrected chi connectivity index (χ3v) is 4.64. The molecule has 2 aliphatic heterocycles. The molecule has 1 aromatic carbocycles. The van der Waals surface area contributed by atoms with E-state index in [1.165, 1.54) is 12.8 Å². The second-order valence-electron chi connectivity index (χ2n) is 5.90. The van der Waals surface area contributed by atoms with Crippen LogP contribution in [-0.4, -0.2) is 42.5 Å². The molecule has 1 aromatic rings. The van der Waals surface area contributed by atoms with Gasteiger partial charge in [0.05, 0.1) is 6.04 Å². The van der Waals surface area contributed by atoms with Crippen LogP contribution < -0.4 is 10.6 Å². The molecule has 3 unspecified atom stereocenters. The van der Waals surface area contributed by atoms with E-state index < -0.39 is 0 Å². The Balaban J connectivity index is 1.65. The lowest BCUT2D eigenvalue weighted by atomic mass is 9.91. The van der Waals surface area contributed by atoms with Crippen LogP contribution >= 0.6 is 0 Å². The lowest BCUT2D eigenvalue weighted by Crippen LogP contribution is -2.53. The molecule has 3 atom stereocenters. The summed E-state index contributed by atoms with van der Waals surface area (Å²) in [5.74, 6) is 0.819. The Hall–Kier alpha value is -1.39. The van der Waals surface area contributed by atoms with Gasteiger partial charge in [0.1, 0.15) is 0 Å². The second-order valence-corrected chi connectivity index (χ2v) is 5.90. The summed E-state index contributed by atoms with van der Waals surface area (Å²) in [6.45, 7) is 5.19. The molecule has 0 aromatic heterocycles. The molecule has 0 radical (unpaired) electrons. The highest BCUT2D eigenvalue weighted by molar-refractivity contribution is 5.94. The monoisotopic (exact) mass is 273 g/mol. The molecule has 2 saturated heterocycles. The number of benzene rings is 1. The third-order valence-electron chi connectivity index (χ3n) is 4.64. The van der Waals surface area contributed by atoms with E-state index in [1.807, 2.05) is 37.3 Å². The molecule has 108 valence electrons. The number of carbonyl (C=O) groups is 1. The first-order chi connectivity index (χ1) is 9.75. The Morgan fingerprint density at radius 1 is 1.35 bits per heavy atom. The maximum absolute atomic E-state index is 12.4. The van der Waals surface area contributed by atoms with Crippen molar-refractivity contribution in [3.8, 4) is 0 Å². The molecule has 0 bridgehead atoms. The van der Waals surface area contributed by atoms with Crippen molar-refractivity contribution in [3.63, 3.8) is 0 Å². The van der Waals surface area contributed by atoms with E-state index in [9.17, 15) is 4.79 Å². The van der Waals surface area contributed by atoms with Crippen LogP contribution in [0.2, 0.25) is 0 Å². The van der Waals surface area contributed by atoms with Crippen LogP contribution in [0.15, 0.2) is 30.3 Å². The quantitative estimate of drug-likeness (QED) is 0.881. The maximum Gasteiger partial charge on any atom is 0.241 e. The fourth-order valence-electron chi connectivity index (χ4n) is 3.50. The Labute approximate surface area is 120 Å². The number of fused-ring (bicyclic) bond motifs is 1. The number of piperidine rings is 1. The van der Waals surface area contributed by atoms with Gasteiger partial charge in [-0.2, -0.15) is 0 Å². The van der Waals surface area contributed by atoms with Gasteiger partial charge in [-0.15, -0.1) is 0 Å². The van der Waals surface area contributed by atoms with Gasteiger partial charge in [-0.1, -0.05) is 18.2 Å². The lowest BCUT2D eigenvalue weighted by molar-refractivity contribution is -0.122. The predicted octanol–water partition coefficient (Wildman–Crippen LogP) is 1.70. The topological polar surface area (TPSA) is 44.4 Å². The maximum atomic E-state index is 12.4. The molecule has 20 heavy (non-hydrogen) atoms. The highest BCUT2D eigenvalue weighted by atomic mass is 16.2. The number of para-hydroxylation sites is 1. The van der Waals surface area contributed by atoms with Gasteiger partial charge in [-0.3, -0.25) is 9.69 Å². The molecule has 4 nitrogen and oxygen atoms in total. The van der Waals surface area contributed by atoms with Gasteiger partial charge in [-0.25, -0.2) is 0 Å². The minimum Gasteiger partial charge on any atom is -0.325 e. The van der Waals surface area contributed by atoms with Gasteiger partial charge in [0.2, 0.25) is 5.91 Å². The summed E-state index contributed by atoms with van der Waals surface area (Å²) in [5.41, 5.74) is 0.877. The molecule has 0 spiro atoms. The largest absolute Gasteiger partial charge is 0.325 e. The summed E-state index contributed by atoms with van der Waals surface area (Å²) in [5, 5.41) is 6.48. The Morgan fingerprint density at radius 3 is 2.95 bits per heavy atom. The molecule has 2 aliphatic rings. The lowest BCUT2D eigenvalue weighted by Gasteiger charge is -2.40. The fourth-order valence-corrected chi connectivity index (χ4v) is 3.50. The predicted molar refractivity (Wildman–Crippen MR) is 80.6 cm³/mol. The second kappa shape index (κ2) is 5.94. The van der Waals surface area contributed by atoms with E-state index in [0.717, 1.165) is 31.2 Å². The summed E-state index contributed by atoms with van der Waals surface area (Å²) >= 11 is 0. The zero-order chi connectivity index (χ0) is 13.9. The smallest absolute Gasteiger partial charge is 0.241 e. The molecule has 3 rings (SSSR count). The van der Waals surface area contributed by atoms with Crippen LogP contribution in [0.25, 0.3) is 0 Å². The van der Waals surface area contributed by atoms with Crippen molar-refractivity contribution in [2.45, 2.75) is 31.8 Å². The molecular weight excluding hydrogens is 250 g/mol. The van der Waals surface area contributed by atoms with Gasteiger partial charge in [0.15, 0.2) is 0 Å². The van der Waals surface area contributed by atoms with Gasteiger partial charge < -0.3 is 10.6 Å². The molecule has 0 aliphatic carbocycles. The van der Waals surface area contributed by atoms with Crippen LogP contribution in [0.1, 0.15) is 19.8 Å². The number of carbonyl (C=O) groups excluding carboxylic acids is 1. The summed E-state index contributed by atoms with van der Waals surface area (Å²) in [4.78, 5) is 14.8. The normalized spacial score (nSPS) is 27.9. The van der Waals surface area contributed by atoms with E-state index in [0.29, 0.717) is 6.04 Å². The van der Waals surface area contributed by atoms with Gasteiger partial charge in [0, 0.05) is 18.3 Å². The summed E-state index contributed by atoms with van der Waals surface area (Å²) < 4.78 is 0. The van der Waals surface area contributed by atoms with Gasteiger partial charge in [0.25, 0.3) is 0 Å². The van der Waals surface area contributed by atoms with Gasteiger partial charge >= 0.3 is 0 Å². The summed E-state index contributed by atoms with van der Waals surface area (Å²) in [7, 11) is 0. The first-order valence-corrected chi connectivity index (χ1v) is 7.58. The molecule has 2 N–H and O–H groups in total. The van der Waals surface area contributed by atoms with Crippen LogP contribution in [-0.2, 0) is 4.79 Å². The zero-order valence-electron chi connectivity index (χ0n) is 12.0. The van der Waals surface area contributed by atoms with E-state index in [-0.39, 0.29) is 11.9 Å². The van der Waals surface area contributed by atoms with Crippen molar-refractivity contribution in [2.24, 2.45) is 5.92 Å². The minimum absolute atomic E-state index is 0.0668. The fraction of sp³-hybridized carbons (Fsp3) is 0.562. The zero-order valence-corrected chi connectivity index (χ0v) is 12.0. The Kier molecular flexibility index (Phi) is 4.03. The van der Waals surface area contributed by atoms with Crippen LogP contribution in [0.3, 0.4) is 0 Å². The van der Waals surface area contributed by atoms with Crippen LogP contribution in [0.5, 0.6) is 0 Å². The summed E-state index contributed by atoms with van der Waals surface area (Å²) in [6.07, 6.45) is 2.49. The molecule has 0 saturated carbocycles. The van der Waals surface area contributed by atoms with Crippen molar-refractivity contribution >= 4 is 11.6 Å². The number of rotatable bonds is 3. The summed E-state index contributed by atoms with van der Waals surface area (Å²) in [6, 6.07) is 10.2. The first kappa shape index (κ1) is 13.6. The van der Waals surface area contributed by atoms with Crippen molar-refractivity contribution < 1.29 is 4.79 Å². The van der Waals surface area contributed by atoms with Crippen molar-refractivity contribution in [1.82, 2.24) is 10.2 Å². The number of nitrogens with one attached hydrogen (secondary N) is 2. The van der Waals surface area contributed by atoms with Crippen LogP contribution in [0.4, 0.5) is 5.69 Å². The van der Waals surface area contributed by atoms with E-state index in [4.69, 9.17) is 0 Å². The minimum atomic E-state index is -0.0668. The molecule has 1 amide bonds. The number of hydrogen-bond donors (Lipinski definition) is 2. The Bertz CT molecular complexity index is 462. The molecule has 2 fully saturated rings. The average molecular weight is 273 g/mol. The number of amides is 1. The highest BCUT2D eigenvalue weighted by Crippen LogP contribution is 2.28. The van der Waals surface area contributed by atoms with Crippen LogP contribution in [0, 0.1) is 5.92 Å². The molecule has 2 heterocycles. The standard InChI is InChI=1S/C16H23N3O/c1-12(16(20)18-14-7-3-2-4-8-14)19-9-5-6-13-10-17-11-15(13)19/h2-4,7-8,12-13,15,17H,5-6,9-11H2,1H3,(H,18,20). The third kappa shape index (κ3) is 2.72. The van der Waals surface area contributed by atoms with E-state index >= 15 is 0 Å². The average Bonchev–Trinajstić information content (AvgIpc) is 2.96. The van der Waals surface area contributed by atoms with Crippen molar-refractivity contribution in [1.29, 1.82) is 0 Å². The first-order valence-electron chi connectivity index (χ1n) is 7.58. The SMILES string of the molecule is CC(C(=O)Nc1ccccc1)N1CCCC2CNCC21. The van der Waals surface area contributed by atoms with E-state index in [1.54, 1.807) is 0 Å². The molecule has 4 heteroatoms. The highest BCUT2D eigenvalue weighted by Gasteiger charge is 2.38. The molecular formula is C16H23N3O. The Morgan fingerprint density at radius 2 is 2.15 bits per heavy atom. The van der Waals surface area contributed by atoms with Crippen molar-refractivity contribution in [2.75, 3.05) is 25.0 Å². The van der Waals surface area contributed by atoms with Gasteiger partial charge in [-0.05, 0) is 50.9 Å². The van der Waals surface area contributed by atoms with E-state index in [2.05, 4.69) is 15.5 Å².